The van der Waals surface area contributed by atoms with E-state index in [2.05, 4.69) is 9.88 Å². The summed E-state index contributed by atoms with van der Waals surface area (Å²) in [4.78, 5) is 22.2. The van der Waals surface area contributed by atoms with Crippen LogP contribution in [0.1, 0.15) is 20.9 Å². The summed E-state index contributed by atoms with van der Waals surface area (Å²) in [6.45, 7) is 6.02. The molecule has 1 aromatic heterocycles. The number of nitrogen functional groups attached to an aromatic ring is 1. The number of hydrogen-bond acceptors (Lipinski definition) is 5. The van der Waals surface area contributed by atoms with Crippen LogP contribution in [0.15, 0.2) is 24.3 Å². The van der Waals surface area contributed by atoms with Crippen LogP contribution in [0.2, 0.25) is 5.02 Å². The summed E-state index contributed by atoms with van der Waals surface area (Å²) in [5, 5.41) is 1.26. The van der Waals surface area contributed by atoms with E-state index in [9.17, 15) is 4.79 Å². The minimum Gasteiger partial charge on any atom is -0.375 e. The van der Waals surface area contributed by atoms with Gasteiger partial charge in [-0.15, -0.1) is 11.3 Å². The fraction of sp³-hybridized carbons (Fsp3) is 0.375. The van der Waals surface area contributed by atoms with E-state index in [0.717, 1.165) is 38.4 Å². The molecule has 3 rings (SSSR count). The Balaban J connectivity index is 1.56. The zero-order valence-corrected chi connectivity index (χ0v) is 14.5. The highest BCUT2D eigenvalue weighted by Gasteiger charge is 2.23. The molecule has 5 nitrogen and oxygen atoms in total. The number of nitrogens with two attached hydrogens (primary N) is 1. The van der Waals surface area contributed by atoms with Gasteiger partial charge in [-0.05, 0) is 31.2 Å². The number of anilines is 1. The quantitative estimate of drug-likeness (QED) is 0.924. The smallest absolute Gasteiger partial charge is 0.253 e. The molecule has 0 aliphatic carbocycles. The van der Waals surface area contributed by atoms with E-state index >= 15 is 0 Å². The average molecular weight is 351 g/mol. The van der Waals surface area contributed by atoms with Crippen LogP contribution in [0.4, 0.5) is 5.13 Å². The monoisotopic (exact) mass is 350 g/mol. The van der Waals surface area contributed by atoms with Gasteiger partial charge in [-0.2, -0.15) is 0 Å². The van der Waals surface area contributed by atoms with Crippen molar-refractivity contribution in [2.45, 2.75) is 13.5 Å². The lowest BCUT2D eigenvalue weighted by atomic mass is 10.2. The Hall–Kier alpha value is -1.63. The van der Waals surface area contributed by atoms with Crippen LogP contribution < -0.4 is 5.73 Å². The molecule has 0 spiro atoms. The summed E-state index contributed by atoms with van der Waals surface area (Å²) in [7, 11) is 0. The number of amides is 1. The van der Waals surface area contributed by atoms with E-state index in [-0.39, 0.29) is 5.91 Å². The van der Waals surface area contributed by atoms with Crippen molar-refractivity contribution < 1.29 is 4.79 Å². The highest BCUT2D eigenvalue weighted by molar-refractivity contribution is 7.15. The second-order valence-corrected chi connectivity index (χ2v) is 7.19. The second-order valence-electron chi connectivity index (χ2n) is 5.64. The van der Waals surface area contributed by atoms with Gasteiger partial charge in [-0.3, -0.25) is 9.69 Å². The van der Waals surface area contributed by atoms with Gasteiger partial charge in [0, 0.05) is 48.2 Å². The molecule has 1 fully saturated rings. The number of aromatic nitrogens is 1. The van der Waals surface area contributed by atoms with E-state index in [0.29, 0.717) is 15.7 Å². The molecule has 2 aromatic rings. The molecule has 1 aromatic carbocycles. The summed E-state index contributed by atoms with van der Waals surface area (Å²) < 4.78 is 0. The van der Waals surface area contributed by atoms with Gasteiger partial charge in [0.25, 0.3) is 5.91 Å². The number of piperazine rings is 1. The lowest BCUT2D eigenvalue weighted by Gasteiger charge is -2.34. The molecule has 1 aliphatic rings. The maximum Gasteiger partial charge on any atom is 0.253 e. The van der Waals surface area contributed by atoms with E-state index in [1.807, 2.05) is 11.8 Å². The number of carbonyl (C=O) groups is 1. The number of benzene rings is 1. The Labute approximate surface area is 144 Å². The largest absolute Gasteiger partial charge is 0.375 e. The standard InChI is InChI=1S/C16H19ClN4OS/c1-11-14(23-16(18)19-11)10-20-6-8-21(9-7-20)15(22)12-2-4-13(17)5-3-12/h2-5H,6-10H2,1H3,(H2,18,19). The fourth-order valence-electron chi connectivity index (χ4n) is 2.68. The fourth-order valence-corrected chi connectivity index (χ4v) is 3.69. The van der Waals surface area contributed by atoms with Crippen LogP contribution in [0.25, 0.3) is 0 Å². The first kappa shape index (κ1) is 16.2. The summed E-state index contributed by atoms with van der Waals surface area (Å²) in [6.07, 6.45) is 0. The number of rotatable bonds is 3. The van der Waals surface area contributed by atoms with Crippen molar-refractivity contribution in [3.8, 4) is 0 Å². The molecule has 0 bridgehead atoms. The Morgan fingerprint density at radius 1 is 1.26 bits per heavy atom. The minimum absolute atomic E-state index is 0.0690. The van der Waals surface area contributed by atoms with Gasteiger partial charge < -0.3 is 10.6 Å². The van der Waals surface area contributed by atoms with Gasteiger partial charge in [0.05, 0.1) is 5.69 Å². The second kappa shape index (κ2) is 6.86. The molecule has 1 saturated heterocycles. The van der Waals surface area contributed by atoms with Crippen molar-refractivity contribution in [1.29, 1.82) is 0 Å². The van der Waals surface area contributed by atoms with E-state index in [1.54, 1.807) is 35.6 Å². The average Bonchev–Trinajstić information content (AvgIpc) is 2.86. The lowest BCUT2D eigenvalue weighted by Crippen LogP contribution is -2.48. The molecule has 7 heteroatoms. The predicted octanol–water partition coefficient (Wildman–Crippen LogP) is 2.65. The zero-order valence-electron chi connectivity index (χ0n) is 13.0. The van der Waals surface area contributed by atoms with Crippen LogP contribution >= 0.6 is 22.9 Å². The van der Waals surface area contributed by atoms with Crippen molar-refractivity contribution in [3.05, 3.63) is 45.4 Å². The Morgan fingerprint density at radius 3 is 2.48 bits per heavy atom. The van der Waals surface area contributed by atoms with Gasteiger partial charge in [0.15, 0.2) is 5.13 Å². The number of hydrogen-bond donors (Lipinski definition) is 1. The van der Waals surface area contributed by atoms with Gasteiger partial charge >= 0.3 is 0 Å². The van der Waals surface area contributed by atoms with E-state index in [1.165, 1.54) is 4.88 Å². The van der Waals surface area contributed by atoms with Crippen molar-refractivity contribution in [3.63, 3.8) is 0 Å². The van der Waals surface area contributed by atoms with E-state index < -0.39 is 0 Å². The third-order valence-corrected chi connectivity index (χ3v) is 5.25. The molecular weight excluding hydrogens is 332 g/mol. The predicted molar refractivity (Wildman–Crippen MR) is 93.9 cm³/mol. The Morgan fingerprint density at radius 2 is 1.91 bits per heavy atom. The maximum absolute atomic E-state index is 12.5. The summed E-state index contributed by atoms with van der Waals surface area (Å²) >= 11 is 7.41. The first-order chi connectivity index (χ1) is 11.0. The Bertz CT molecular complexity index is 693. The molecule has 122 valence electrons. The third kappa shape index (κ3) is 3.83. The van der Waals surface area contributed by atoms with E-state index in [4.69, 9.17) is 17.3 Å². The molecule has 0 radical (unpaired) electrons. The number of nitrogens with zero attached hydrogens (tertiary/aromatic N) is 3. The molecule has 2 N–H and O–H groups in total. The molecule has 0 unspecified atom stereocenters. The normalized spacial score (nSPS) is 15.8. The van der Waals surface area contributed by atoms with Crippen molar-refractivity contribution in [2.75, 3.05) is 31.9 Å². The molecule has 1 aliphatic heterocycles. The summed E-state index contributed by atoms with van der Waals surface area (Å²) in [5.74, 6) is 0.0690. The van der Waals surface area contributed by atoms with Crippen LogP contribution in [0.3, 0.4) is 0 Å². The van der Waals surface area contributed by atoms with Crippen LogP contribution in [-0.4, -0.2) is 46.9 Å². The number of aryl methyl sites for hydroxylation is 1. The topological polar surface area (TPSA) is 62.5 Å². The summed E-state index contributed by atoms with van der Waals surface area (Å²) in [5.41, 5.74) is 7.44. The Kier molecular flexibility index (Phi) is 4.84. The third-order valence-electron chi connectivity index (χ3n) is 4.03. The van der Waals surface area contributed by atoms with Crippen molar-refractivity contribution >= 4 is 34.0 Å². The summed E-state index contributed by atoms with van der Waals surface area (Å²) in [6, 6.07) is 7.06. The number of thiazole rings is 1. The van der Waals surface area contributed by atoms with Crippen molar-refractivity contribution in [1.82, 2.24) is 14.8 Å². The highest BCUT2D eigenvalue weighted by atomic mass is 35.5. The maximum atomic E-state index is 12.5. The SMILES string of the molecule is Cc1nc(N)sc1CN1CCN(C(=O)c2ccc(Cl)cc2)CC1. The van der Waals surface area contributed by atoms with Crippen LogP contribution in [-0.2, 0) is 6.54 Å². The zero-order chi connectivity index (χ0) is 16.4. The number of carbonyl (C=O) groups excluding carboxylic acids is 1. The molecule has 23 heavy (non-hydrogen) atoms. The first-order valence-corrected chi connectivity index (χ1v) is 8.71. The molecular formula is C16H19ClN4OS. The van der Waals surface area contributed by atoms with Crippen LogP contribution in [0, 0.1) is 6.92 Å². The molecule has 2 heterocycles. The molecule has 1 amide bonds. The van der Waals surface area contributed by atoms with Crippen molar-refractivity contribution in [2.24, 2.45) is 0 Å². The lowest BCUT2D eigenvalue weighted by molar-refractivity contribution is 0.0629. The number of halogens is 1. The van der Waals surface area contributed by atoms with Gasteiger partial charge in [0.2, 0.25) is 0 Å². The van der Waals surface area contributed by atoms with Gasteiger partial charge in [-0.1, -0.05) is 11.6 Å². The molecule has 0 atom stereocenters. The van der Waals surface area contributed by atoms with Crippen LogP contribution in [0.5, 0.6) is 0 Å². The van der Waals surface area contributed by atoms with Gasteiger partial charge in [0.1, 0.15) is 0 Å². The minimum atomic E-state index is 0.0690. The van der Waals surface area contributed by atoms with Gasteiger partial charge in [-0.25, -0.2) is 4.98 Å². The highest BCUT2D eigenvalue weighted by Crippen LogP contribution is 2.22. The first-order valence-electron chi connectivity index (χ1n) is 7.52. The molecule has 0 saturated carbocycles.